The summed E-state index contributed by atoms with van der Waals surface area (Å²) in [5.74, 6) is 0.239. The van der Waals surface area contributed by atoms with Crippen molar-refractivity contribution in [2.24, 2.45) is 5.92 Å². The molecule has 0 saturated carbocycles. The fourth-order valence-corrected chi connectivity index (χ4v) is 4.98. The molecule has 2 aromatic carbocycles. The maximum Gasteiger partial charge on any atom is 0.416 e. The van der Waals surface area contributed by atoms with Gasteiger partial charge in [-0.15, -0.1) is 0 Å². The molecular formula is C31H37F3N6O6. The monoisotopic (exact) mass is 646 g/mol. The van der Waals surface area contributed by atoms with E-state index >= 15 is 0 Å². The van der Waals surface area contributed by atoms with Crippen LogP contribution in [0.2, 0.25) is 0 Å². The topological polar surface area (TPSA) is 149 Å². The summed E-state index contributed by atoms with van der Waals surface area (Å²) in [6, 6.07) is 7.35. The summed E-state index contributed by atoms with van der Waals surface area (Å²) in [5, 5.41) is 21.7. The van der Waals surface area contributed by atoms with Crippen LogP contribution in [0.3, 0.4) is 0 Å². The summed E-state index contributed by atoms with van der Waals surface area (Å²) in [5.41, 5.74) is 1.17. The molecule has 0 spiro atoms. The number of halogens is 3. The van der Waals surface area contributed by atoms with Crippen molar-refractivity contribution in [2.45, 2.75) is 52.4 Å². The molecule has 0 fully saturated rings. The van der Waals surface area contributed by atoms with E-state index in [1.54, 1.807) is 43.9 Å². The van der Waals surface area contributed by atoms with E-state index in [2.05, 4.69) is 21.1 Å². The maximum atomic E-state index is 13.5. The van der Waals surface area contributed by atoms with Gasteiger partial charge in [0.25, 0.3) is 0 Å². The summed E-state index contributed by atoms with van der Waals surface area (Å²) in [6.45, 7) is 6.95. The minimum Gasteiger partial charge on any atom is -0.488 e. The molecule has 0 radical (unpaired) electrons. The number of urea groups is 2. The van der Waals surface area contributed by atoms with E-state index < -0.39 is 35.9 Å². The molecule has 5 amide bonds. The standard InChI is InChI=1S/C31H37F3N6O6/c1-17-14-40(18(2)16-41)27(42)13-21-12-24(35-29(43)37-28-19(3)38-46-20(28)4)10-11-25(21)45-26(17)15-39(5)30(44)36-23-8-6-22(7-9-23)31(32,33)34/h6-12,17-18,26,41H,13-16H2,1-5H3,(H,36,44)(H2,35,37,43)/t17-,18-,26+/m1/s1. The highest BCUT2D eigenvalue weighted by Crippen LogP contribution is 2.31. The van der Waals surface area contributed by atoms with E-state index in [1.807, 2.05) is 6.92 Å². The Balaban J connectivity index is 1.54. The predicted octanol–water partition coefficient (Wildman–Crippen LogP) is 5.27. The number of anilines is 3. The van der Waals surface area contributed by atoms with Crippen LogP contribution in [-0.2, 0) is 17.4 Å². The van der Waals surface area contributed by atoms with Crippen molar-refractivity contribution >= 4 is 35.0 Å². The first-order valence-electron chi connectivity index (χ1n) is 14.6. The molecule has 1 aliphatic rings. The van der Waals surface area contributed by atoms with E-state index in [1.165, 1.54) is 24.1 Å². The molecule has 4 rings (SSSR count). The molecule has 1 aromatic heterocycles. The van der Waals surface area contributed by atoms with Crippen molar-refractivity contribution in [3.63, 3.8) is 0 Å². The zero-order valence-corrected chi connectivity index (χ0v) is 26.1. The number of benzene rings is 2. The number of hydrogen-bond acceptors (Lipinski definition) is 7. The van der Waals surface area contributed by atoms with Crippen LogP contribution in [-0.4, -0.2) is 76.9 Å². The number of fused-ring (bicyclic) bond motifs is 1. The van der Waals surface area contributed by atoms with Crippen molar-refractivity contribution in [2.75, 3.05) is 42.7 Å². The number of aliphatic hydroxyl groups is 1. The lowest BCUT2D eigenvalue weighted by Gasteiger charge is -2.34. The Kier molecular flexibility index (Phi) is 10.5. The van der Waals surface area contributed by atoms with Crippen LogP contribution >= 0.6 is 0 Å². The molecule has 46 heavy (non-hydrogen) atoms. The molecule has 4 N–H and O–H groups in total. The van der Waals surface area contributed by atoms with Gasteiger partial charge < -0.3 is 40.1 Å². The number of aryl methyl sites for hydroxylation is 2. The second-order valence-corrected chi connectivity index (χ2v) is 11.4. The third-order valence-corrected chi connectivity index (χ3v) is 7.71. The number of hydrogen-bond donors (Lipinski definition) is 4. The summed E-state index contributed by atoms with van der Waals surface area (Å²) in [7, 11) is 1.52. The average molecular weight is 647 g/mol. The molecule has 1 aliphatic heterocycles. The second kappa shape index (κ2) is 14.1. The average Bonchev–Trinajstić information content (AvgIpc) is 3.33. The van der Waals surface area contributed by atoms with Gasteiger partial charge in [0.15, 0.2) is 5.76 Å². The first-order chi connectivity index (χ1) is 21.7. The summed E-state index contributed by atoms with van der Waals surface area (Å²) < 4.78 is 50.3. The fourth-order valence-electron chi connectivity index (χ4n) is 4.98. The van der Waals surface area contributed by atoms with E-state index in [4.69, 9.17) is 9.26 Å². The van der Waals surface area contributed by atoms with Gasteiger partial charge in [0.1, 0.15) is 23.2 Å². The normalized spacial score (nSPS) is 17.5. The molecule has 12 nitrogen and oxygen atoms in total. The van der Waals surface area contributed by atoms with Crippen LogP contribution in [0.5, 0.6) is 5.75 Å². The molecule has 248 valence electrons. The lowest BCUT2D eigenvalue weighted by Crippen LogP contribution is -2.48. The molecule has 3 aromatic rings. The predicted molar refractivity (Wildman–Crippen MR) is 164 cm³/mol. The third-order valence-electron chi connectivity index (χ3n) is 7.71. The van der Waals surface area contributed by atoms with Gasteiger partial charge in [-0.25, -0.2) is 9.59 Å². The Morgan fingerprint density at radius 2 is 1.78 bits per heavy atom. The van der Waals surface area contributed by atoms with Crippen LogP contribution in [0.1, 0.15) is 36.4 Å². The Morgan fingerprint density at radius 1 is 1.11 bits per heavy atom. The largest absolute Gasteiger partial charge is 0.488 e. The van der Waals surface area contributed by atoms with E-state index in [-0.39, 0.29) is 43.6 Å². The maximum absolute atomic E-state index is 13.5. The zero-order chi connectivity index (χ0) is 33.8. The Hall–Kier alpha value is -4.79. The quantitative estimate of drug-likeness (QED) is 0.273. The first kappa shape index (κ1) is 34.1. The van der Waals surface area contributed by atoms with E-state index in [0.717, 1.165) is 12.1 Å². The van der Waals surface area contributed by atoms with Gasteiger partial charge in [0.2, 0.25) is 5.91 Å². The number of carbonyl (C=O) groups excluding carboxylic acids is 3. The smallest absolute Gasteiger partial charge is 0.416 e. The molecule has 0 saturated heterocycles. The van der Waals surface area contributed by atoms with Gasteiger partial charge in [0, 0.05) is 36.4 Å². The number of ether oxygens (including phenoxy) is 1. The van der Waals surface area contributed by atoms with Gasteiger partial charge in [0.05, 0.1) is 31.2 Å². The van der Waals surface area contributed by atoms with Crippen LogP contribution in [0.15, 0.2) is 47.0 Å². The van der Waals surface area contributed by atoms with Crippen LogP contribution < -0.4 is 20.7 Å². The van der Waals surface area contributed by atoms with Crippen molar-refractivity contribution in [3.8, 4) is 5.75 Å². The minimum absolute atomic E-state index is 0.0580. The second-order valence-electron chi connectivity index (χ2n) is 11.4. The highest BCUT2D eigenvalue weighted by molar-refractivity contribution is 6.00. The van der Waals surface area contributed by atoms with E-state index in [0.29, 0.717) is 34.1 Å². The molecule has 0 aliphatic carbocycles. The third kappa shape index (κ3) is 8.27. The fraction of sp³-hybridized carbons (Fsp3) is 0.419. The number of aliphatic hydroxyl groups excluding tert-OH is 1. The van der Waals surface area contributed by atoms with Crippen LogP contribution in [0, 0.1) is 19.8 Å². The lowest BCUT2D eigenvalue weighted by atomic mass is 10.0. The van der Waals surface area contributed by atoms with E-state index in [9.17, 15) is 32.7 Å². The number of amides is 5. The molecule has 0 unspecified atom stereocenters. The van der Waals surface area contributed by atoms with Crippen molar-refractivity contribution in [1.29, 1.82) is 0 Å². The van der Waals surface area contributed by atoms with Gasteiger partial charge in [-0.05, 0) is 63.2 Å². The summed E-state index contributed by atoms with van der Waals surface area (Å²) >= 11 is 0. The Labute approximate surface area is 263 Å². The molecule has 0 bridgehead atoms. The molecule has 2 heterocycles. The van der Waals surface area contributed by atoms with Crippen molar-refractivity contribution < 1.29 is 41.9 Å². The molecular weight excluding hydrogens is 609 g/mol. The number of nitrogens with zero attached hydrogens (tertiary/aromatic N) is 3. The number of likely N-dealkylation sites (N-methyl/N-ethyl adjacent to an activating group) is 1. The Bertz CT molecular complexity index is 1540. The van der Waals surface area contributed by atoms with Crippen LogP contribution in [0.4, 0.5) is 39.8 Å². The van der Waals surface area contributed by atoms with Crippen LogP contribution in [0.25, 0.3) is 0 Å². The van der Waals surface area contributed by atoms with Gasteiger partial charge >= 0.3 is 18.2 Å². The van der Waals surface area contributed by atoms with Gasteiger partial charge in [-0.2, -0.15) is 13.2 Å². The van der Waals surface area contributed by atoms with Gasteiger partial charge in [-0.1, -0.05) is 12.1 Å². The van der Waals surface area contributed by atoms with Crippen molar-refractivity contribution in [1.82, 2.24) is 15.0 Å². The molecule has 15 heteroatoms. The number of alkyl halides is 3. The molecule has 3 atom stereocenters. The first-order valence-corrected chi connectivity index (χ1v) is 14.6. The number of aromatic nitrogens is 1. The number of carbonyl (C=O) groups is 3. The van der Waals surface area contributed by atoms with Crippen molar-refractivity contribution in [3.05, 3.63) is 65.0 Å². The van der Waals surface area contributed by atoms with Gasteiger partial charge in [-0.3, -0.25) is 4.79 Å². The highest BCUT2D eigenvalue weighted by Gasteiger charge is 2.33. The number of nitrogens with one attached hydrogen (secondary N) is 3. The zero-order valence-electron chi connectivity index (χ0n) is 26.1. The lowest BCUT2D eigenvalue weighted by molar-refractivity contribution is -0.137. The summed E-state index contributed by atoms with van der Waals surface area (Å²) in [4.78, 5) is 42.1. The minimum atomic E-state index is -4.50. The number of rotatable bonds is 7. The highest BCUT2D eigenvalue weighted by atomic mass is 19.4. The Morgan fingerprint density at radius 3 is 2.39 bits per heavy atom. The SMILES string of the molecule is Cc1noc(C)c1NC(=O)Nc1ccc2c(c1)CC(=O)N([C@H](C)CO)C[C@@H](C)[C@H](CN(C)C(=O)Nc1ccc(C(F)(F)F)cc1)O2. The summed E-state index contributed by atoms with van der Waals surface area (Å²) in [6.07, 6.45) is -5.21.